The first-order chi connectivity index (χ1) is 9.91. The quantitative estimate of drug-likeness (QED) is 0.538. The molecule has 0 radical (unpaired) electrons. The highest BCUT2D eigenvalue weighted by molar-refractivity contribution is 5.98. The van der Waals surface area contributed by atoms with Gasteiger partial charge in [0.25, 0.3) is 0 Å². The molecule has 1 rings (SSSR count). The zero-order valence-corrected chi connectivity index (χ0v) is 12.7. The Labute approximate surface area is 125 Å². The van der Waals surface area contributed by atoms with Crippen molar-refractivity contribution in [3.05, 3.63) is 35.9 Å². The van der Waals surface area contributed by atoms with Crippen LogP contribution in [0.25, 0.3) is 0 Å². The molecule has 0 aliphatic heterocycles. The molecule has 0 amide bonds. The Morgan fingerprint density at radius 2 is 1.57 bits per heavy atom. The number of rotatable bonds is 9. The summed E-state index contributed by atoms with van der Waals surface area (Å²) >= 11 is 0. The summed E-state index contributed by atoms with van der Waals surface area (Å²) in [6, 6.07) is 10.1. The van der Waals surface area contributed by atoms with Gasteiger partial charge in [0.1, 0.15) is 0 Å². The molecule has 0 fully saturated rings. The summed E-state index contributed by atoms with van der Waals surface area (Å²) < 4.78 is 0. The van der Waals surface area contributed by atoms with E-state index in [1.165, 1.54) is 5.56 Å². The van der Waals surface area contributed by atoms with Gasteiger partial charge in [-0.2, -0.15) is 0 Å². The minimum absolute atomic E-state index is 0.185. The largest absolute Gasteiger partial charge is 0.480 e. The van der Waals surface area contributed by atoms with Crippen LogP contribution < -0.4 is 0 Å². The van der Waals surface area contributed by atoms with Crippen LogP contribution in [-0.2, 0) is 16.0 Å². The number of aliphatic carboxylic acids is 2. The number of aryl methyl sites for hydroxylation is 1. The van der Waals surface area contributed by atoms with Crippen LogP contribution in [0.1, 0.15) is 45.1 Å². The van der Waals surface area contributed by atoms with E-state index in [1.807, 2.05) is 18.2 Å². The number of carboxylic acid groups (broad SMARTS) is 2. The lowest BCUT2D eigenvalue weighted by molar-refractivity contribution is -0.169. The van der Waals surface area contributed by atoms with Crippen molar-refractivity contribution in [1.29, 1.82) is 0 Å². The van der Waals surface area contributed by atoms with Gasteiger partial charge >= 0.3 is 11.9 Å². The highest BCUT2D eigenvalue weighted by atomic mass is 16.4. The minimum atomic E-state index is -1.66. The van der Waals surface area contributed by atoms with Gasteiger partial charge in [-0.15, -0.1) is 0 Å². The van der Waals surface area contributed by atoms with E-state index in [0.717, 1.165) is 19.3 Å². The van der Waals surface area contributed by atoms with Crippen molar-refractivity contribution in [3.63, 3.8) is 0 Å². The third-order valence-electron chi connectivity index (χ3n) is 4.13. The number of hydrogen-bond acceptors (Lipinski definition) is 2. The second-order valence-electron chi connectivity index (χ2n) is 5.78. The van der Waals surface area contributed by atoms with Gasteiger partial charge in [-0.3, -0.25) is 9.59 Å². The normalized spacial score (nSPS) is 11.6. The van der Waals surface area contributed by atoms with Crippen LogP contribution in [0.5, 0.6) is 0 Å². The van der Waals surface area contributed by atoms with E-state index in [1.54, 1.807) is 13.8 Å². The molecular formula is C17H24O4. The van der Waals surface area contributed by atoms with E-state index >= 15 is 0 Å². The smallest absolute Gasteiger partial charge is 0.321 e. The highest BCUT2D eigenvalue weighted by Gasteiger charge is 2.48. The second-order valence-corrected chi connectivity index (χ2v) is 5.78. The monoisotopic (exact) mass is 292 g/mol. The SMILES string of the molecule is CC(C)C(CCCCCc1ccccc1)(C(=O)O)C(=O)O. The molecule has 0 aliphatic carbocycles. The maximum Gasteiger partial charge on any atom is 0.321 e. The first kappa shape index (κ1) is 17.2. The van der Waals surface area contributed by atoms with E-state index in [4.69, 9.17) is 0 Å². The number of benzene rings is 1. The lowest BCUT2D eigenvalue weighted by Crippen LogP contribution is -2.43. The van der Waals surface area contributed by atoms with Crippen molar-refractivity contribution in [2.75, 3.05) is 0 Å². The maximum absolute atomic E-state index is 11.4. The highest BCUT2D eigenvalue weighted by Crippen LogP contribution is 2.34. The predicted molar refractivity (Wildman–Crippen MR) is 81.2 cm³/mol. The fourth-order valence-corrected chi connectivity index (χ4v) is 2.64. The Hall–Kier alpha value is -1.84. The Morgan fingerprint density at radius 3 is 2.05 bits per heavy atom. The fraction of sp³-hybridized carbons (Fsp3) is 0.529. The van der Waals surface area contributed by atoms with E-state index in [2.05, 4.69) is 12.1 Å². The van der Waals surface area contributed by atoms with Crippen molar-refractivity contribution in [1.82, 2.24) is 0 Å². The Balaban J connectivity index is 2.48. The maximum atomic E-state index is 11.4. The van der Waals surface area contributed by atoms with Crippen molar-refractivity contribution in [3.8, 4) is 0 Å². The molecule has 0 bridgehead atoms. The molecule has 1 aromatic rings. The van der Waals surface area contributed by atoms with Crippen LogP contribution in [0.2, 0.25) is 0 Å². The molecule has 116 valence electrons. The molecule has 0 spiro atoms. The third-order valence-corrected chi connectivity index (χ3v) is 4.13. The molecule has 0 unspecified atom stereocenters. The molecule has 0 aromatic heterocycles. The van der Waals surface area contributed by atoms with Gasteiger partial charge in [-0.05, 0) is 30.7 Å². The lowest BCUT2D eigenvalue weighted by atomic mass is 9.73. The average Bonchev–Trinajstić information content (AvgIpc) is 2.42. The Bertz CT molecular complexity index is 451. The van der Waals surface area contributed by atoms with Crippen LogP contribution in [0.4, 0.5) is 0 Å². The molecule has 4 heteroatoms. The summed E-state index contributed by atoms with van der Waals surface area (Å²) in [4.78, 5) is 22.8. The zero-order valence-electron chi connectivity index (χ0n) is 12.7. The molecule has 0 saturated carbocycles. The van der Waals surface area contributed by atoms with Gasteiger partial charge in [-0.25, -0.2) is 0 Å². The number of unbranched alkanes of at least 4 members (excludes halogenated alkanes) is 2. The van der Waals surface area contributed by atoms with E-state index < -0.39 is 23.3 Å². The first-order valence-electron chi connectivity index (χ1n) is 7.42. The first-order valence-corrected chi connectivity index (χ1v) is 7.42. The fourth-order valence-electron chi connectivity index (χ4n) is 2.64. The van der Waals surface area contributed by atoms with Gasteiger partial charge in [-0.1, -0.05) is 57.0 Å². The molecule has 1 aromatic carbocycles. The van der Waals surface area contributed by atoms with Crippen molar-refractivity contribution in [2.24, 2.45) is 11.3 Å². The molecule has 4 nitrogen and oxygen atoms in total. The predicted octanol–water partition coefficient (Wildman–Crippen LogP) is 3.60. The molecular weight excluding hydrogens is 268 g/mol. The van der Waals surface area contributed by atoms with Gasteiger partial charge in [0.05, 0.1) is 0 Å². The van der Waals surface area contributed by atoms with Crippen LogP contribution in [0.15, 0.2) is 30.3 Å². The van der Waals surface area contributed by atoms with Crippen molar-refractivity contribution >= 4 is 11.9 Å². The van der Waals surface area contributed by atoms with Crippen LogP contribution in [-0.4, -0.2) is 22.2 Å². The average molecular weight is 292 g/mol. The minimum Gasteiger partial charge on any atom is -0.480 e. The second kappa shape index (κ2) is 7.81. The number of hydrogen-bond donors (Lipinski definition) is 2. The summed E-state index contributed by atoms with van der Waals surface area (Å²) in [5.74, 6) is -2.89. The molecule has 0 aliphatic rings. The van der Waals surface area contributed by atoms with Crippen molar-refractivity contribution in [2.45, 2.75) is 46.0 Å². The summed E-state index contributed by atoms with van der Waals surface area (Å²) in [7, 11) is 0. The molecule has 0 saturated heterocycles. The summed E-state index contributed by atoms with van der Waals surface area (Å²) in [5.41, 5.74) is -0.406. The summed E-state index contributed by atoms with van der Waals surface area (Å²) in [6.45, 7) is 3.32. The van der Waals surface area contributed by atoms with Gasteiger partial charge in [0.2, 0.25) is 0 Å². The third kappa shape index (κ3) is 4.31. The van der Waals surface area contributed by atoms with Crippen LogP contribution >= 0.6 is 0 Å². The summed E-state index contributed by atoms with van der Waals surface area (Å²) in [6.07, 6.45) is 3.52. The topological polar surface area (TPSA) is 74.6 Å². The van der Waals surface area contributed by atoms with Gasteiger partial charge in [0.15, 0.2) is 5.41 Å². The zero-order chi connectivity index (χ0) is 15.9. The standard InChI is InChI=1S/C17H24O4/c1-13(2)17(15(18)19,16(20)21)12-8-4-7-11-14-9-5-3-6-10-14/h3,5-6,9-10,13H,4,7-8,11-12H2,1-2H3,(H,18,19)(H,20,21). The van der Waals surface area contributed by atoms with Crippen LogP contribution in [0.3, 0.4) is 0 Å². The van der Waals surface area contributed by atoms with Gasteiger partial charge < -0.3 is 10.2 Å². The molecule has 0 atom stereocenters. The molecule has 0 heterocycles. The van der Waals surface area contributed by atoms with E-state index in [0.29, 0.717) is 6.42 Å². The van der Waals surface area contributed by atoms with E-state index in [9.17, 15) is 19.8 Å². The Morgan fingerprint density at radius 1 is 1.00 bits per heavy atom. The summed E-state index contributed by atoms with van der Waals surface area (Å²) in [5, 5.41) is 18.6. The van der Waals surface area contributed by atoms with Crippen molar-refractivity contribution < 1.29 is 19.8 Å². The molecule has 21 heavy (non-hydrogen) atoms. The number of carboxylic acids is 2. The van der Waals surface area contributed by atoms with Crippen LogP contribution in [0, 0.1) is 11.3 Å². The Kier molecular flexibility index (Phi) is 6.40. The lowest BCUT2D eigenvalue weighted by Gasteiger charge is -2.28. The van der Waals surface area contributed by atoms with E-state index in [-0.39, 0.29) is 6.42 Å². The number of carbonyl (C=O) groups is 2. The van der Waals surface area contributed by atoms with Gasteiger partial charge in [0, 0.05) is 0 Å². The molecule has 2 N–H and O–H groups in total.